The van der Waals surface area contributed by atoms with Crippen molar-refractivity contribution in [3.8, 4) is 0 Å². The highest BCUT2D eigenvalue weighted by Crippen LogP contribution is 2.27. The van der Waals surface area contributed by atoms with E-state index in [-0.39, 0.29) is 24.9 Å². The Kier molecular flexibility index (Phi) is 5.22. The van der Waals surface area contributed by atoms with Crippen molar-refractivity contribution in [3.63, 3.8) is 0 Å². The minimum atomic E-state index is -3.50. The van der Waals surface area contributed by atoms with Crippen LogP contribution in [0.15, 0.2) is 46.0 Å². The highest BCUT2D eigenvalue weighted by Gasteiger charge is 2.32. The molecule has 0 radical (unpaired) electrons. The molecule has 2 aliphatic rings. The van der Waals surface area contributed by atoms with E-state index in [0.717, 1.165) is 6.42 Å². The number of thiophene rings is 1. The number of rotatable bonds is 4. The zero-order valence-electron chi connectivity index (χ0n) is 15.3. The summed E-state index contributed by atoms with van der Waals surface area (Å²) >= 11 is 1.20. The Morgan fingerprint density at radius 3 is 2.36 bits per heavy atom. The average Bonchev–Trinajstić information content (AvgIpc) is 3.40. The highest BCUT2D eigenvalue weighted by molar-refractivity contribution is 7.91. The topological polar surface area (TPSA) is 78.0 Å². The number of anilines is 1. The second-order valence-electron chi connectivity index (χ2n) is 6.79. The van der Waals surface area contributed by atoms with Gasteiger partial charge in [0.2, 0.25) is 5.91 Å². The zero-order valence-corrected chi connectivity index (χ0v) is 16.9. The predicted octanol–water partition coefficient (Wildman–Crippen LogP) is 2.02. The SMILES string of the molecule is O=C(c1ccccc1N1CCCC1=O)N1CCN(S(=O)(=O)c2cccs2)CC1. The summed E-state index contributed by atoms with van der Waals surface area (Å²) in [6.07, 6.45) is 1.29. The molecule has 2 saturated heterocycles. The Bertz CT molecular complexity index is 980. The minimum Gasteiger partial charge on any atom is -0.336 e. The number of nitrogens with zero attached hydrogens (tertiary/aromatic N) is 3. The van der Waals surface area contributed by atoms with Crippen molar-refractivity contribution in [2.75, 3.05) is 37.6 Å². The molecule has 0 saturated carbocycles. The van der Waals surface area contributed by atoms with Crippen LogP contribution in [0.1, 0.15) is 23.2 Å². The number of hydrogen-bond acceptors (Lipinski definition) is 5. The standard InChI is InChI=1S/C19H21N3O4S2/c23-17-7-3-9-22(17)16-6-2-1-5-15(16)19(24)20-10-12-21(13-11-20)28(25,26)18-8-4-14-27-18/h1-2,4-6,8,14H,3,7,9-13H2. The molecule has 0 N–H and O–H groups in total. The molecular weight excluding hydrogens is 398 g/mol. The molecule has 2 fully saturated rings. The van der Waals surface area contributed by atoms with Gasteiger partial charge in [0.15, 0.2) is 0 Å². The summed E-state index contributed by atoms with van der Waals surface area (Å²) in [6.45, 7) is 1.79. The van der Waals surface area contributed by atoms with Gasteiger partial charge in [-0.2, -0.15) is 4.31 Å². The molecule has 0 unspecified atom stereocenters. The van der Waals surface area contributed by atoms with Crippen LogP contribution >= 0.6 is 11.3 Å². The van der Waals surface area contributed by atoms with Gasteiger partial charge in [0.25, 0.3) is 15.9 Å². The summed E-state index contributed by atoms with van der Waals surface area (Å²) in [4.78, 5) is 28.5. The van der Waals surface area contributed by atoms with E-state index in [1.165, 1.54) is 15.6 Å². The molecule has 0 spiro atoms. The maximum absolute atomic E-state index is 13.1. The van der Waals surface area contributed by atoms with Crippen molar-refractivity contribution in [3.05, 3.63) is 47.3 Å². The molecule has 9 heteroatoms. The van der Waals surface area contributed by atoms with Gasteiger partial charge in [-0.25, -0.2) is 8.42 Å². The molecule has 0 bridgehead atoms. The second-order valence-corrected chi connectivity index (χ2v) is 9.91. The fraction of sp³-hybridized carbons (Fsp3) is 0.368. The fourth-order valence-electron chi connectivity index (χ4n) is 3.63. The lowest BCUT2D eigenvalue weighted by atomic mass is 10.1. The van der Waals surface area contributed by atoms with Crippen molar-refractivity contribution in [1.29, 1.82) is 0 Å². The number of piperazine rings is 1. The molecular formula is C19H21N3O4S2. The summed E-state index contributed by atoms with van der Waals surface area (Å²) in [5, 5.41) is 1.74. The van der Waals surface area contributed by atoms with Crippen LogP contribution < -0.4 is 4.90 Å². The summed E-state index contributed by atoms with van der Waals surface area (Å²) < 4.78 is 27.0. The summed E-state index contributed by atoms with van der Waals surface area (Å²) in [7, 11) is -3.50. The molecule has 3 heterocycles. The largest absolute Gasteiger partial charge is 0.336 e. The predicted molar refractivity (Wildman–Crippen MR) is 107 cm³/mol. The third-order valence-corrected chi connectivity index (χ3v) is 8.39. The Balaban J connectivity index is 1.49. The molecule has 28 heavy (non-hydrogen) atoms. The first-order valence-corrected chi connectivity index (χ1v) is 11.5. The van der Waals surface area contributed by atoms with Gasteiger partial charge in [0, 0.05) is 39.1 Å². The Morgan fingerprint density at radius 1 is 0.964 bits per heavy atom. The van der Waals surface area contributed by atoms with E-state index < -0.39 is 10.0 Å². The van der Waals surface area contributed by atoms with Crippen LogP contribution in [-0.4, -0.2) is 62.2 Å². The van der Waals surface area contributed by atoms with E-state index in [4.69, 9.17) is 0 Å². The Morgan fingerprint density at radius 2 is 1.71 bits per heavy atom. The molecule has 1 aromatic heterocycles. The molecule has 4 rings (SSSR count). The number of carbonyl (C=O) groups excluding carboxylic acids is 2. The zero-order chi connectivity index (χ0) is 19.7. The molecule has 1 aromatic carbocycles. The summed E-state index contributed by atoms with van der Waals surface area (Å²) in [5.41, 5.74) is 1.14. The fourth-order valence-corrected chi connectivity index (χ4v) is 6.20. The third kappa shape index (κ3) is 3.45. The van der Waals surface area contributed by atoms with Crippen molar-refractivity contribution >= 4 is 38.9 Å². The maximum Gasteiger partial charge on any atom is 0.256 e. The van der Waals surface area contributed by atoms with Gasteiger partial charge >= 0.3 is 0 Å². The van der Waals surface area contributed by atoms with Crippen LogP contribution in [0.4, 0.5) is 5.69 Å². The van der Waals surface area contributed by atoms with Crippen LogP contribution in [0, 0.1) is 0 Å². The first-order chi connectivity index (χ1) is 13.5. The summed E-state index contributed by atoms with van der Waals surface area (Å²) in [5.74, 6) is -0.129. The first-order valence-electron chi connectivity index (χ1n) is 9.21. The van der Waals surface area contributed by atoms with Crippen LogP contribution in [0.3, 0.4) is 0 Å². The van der Waals surface area contributed by atoms with E-state index in [0.29, 0.717) is 41.5 Å². The van der Waals surface area contributed by atoms with Gasteiger partial charge in [0.05, 0.1) is 11.3 Å². The third-order valence-electron chi connectivity index (χ3n) is 5.11. The quantitative estimate of drug-likeness (QED) is 0.760. The normalized spacial score (nSPS) is 18.6. The highest BCUT2D eigenvalue weighted by atomic mass is 32.2. The van der Waals surface area contributed by atoms with Crippen molar-refractivity contribution in [2.45, 2.75) is 17.1 Å². The van der Waals surface area contributed by atoms with Crippen LogP contribution in [0.25, 0.3) is 0 Å². The van der Waals surface area contributed by atoms with Crippen LogP contribution in [0.5, 0.6) is 0 Å². The van der Waals surface area contributed by atoms with E-state index in [9.17, 15) is 18.0 Å². The van der Waals surface area contributed by atoms with E-state index in [1.54, 1.807) is 45.5 Å². The second kappa shape index (κ2) is 7.65. The van der Waals surface area contributed by atoms with E-state index in [2.05, 4.69) is 0 Å². The van der Waals surface area contributed by atoms with Gasteiger partial charge in [0.1, 0.15) is 4.21 Å². The van der Waals surface area contributed by atoms with Crippen molar-refractivity contribution in [2.24, 2.45) is 0 Å². The molecule has 2 aliphatic heterocycles. The monoisotopic (exact) mass is 419 g/mol. The van der Waals surface area contributed by atoms with Crippen LogP contribution in [0.2, 0.25) is 0 Å². The molecule has 7 nitrogen and oxygen atoms in total. The molecule has 148 valence electrons. The van der Waals surface area contributed by atoms with Gasteiger partial charge in [-0.15, -0.1) is 11.3 Å². The number of sulfonamides is 1. The maximum atomic E-state index is 13.1. The molecule has 2 aromatic rings. The molecule has 0 aliphatic carbocycles. The van der Waals surface area contributed by atoms with Gasteiger partial charge in [-0.1, -0.05) is 18.2 Å². The number of amides is 2. The lowest BCUT2D eigenvalue weighted by Crippen LogP contribution is -2.50. The number of para-hydroxylation sites is 1. The number of benzene rings is 1. The van der Waals surface area contributed by atoms with Crippen molar-refractivity contribution in [1.82, 2.24) is 9.21 Å². The lowest BCUT2D eigenvalue weighted by Gasteiger charge is -2.34. The van der Waals surface area contributed by atoms with Gasteiger partial charge in [-0.05, 0) is 30.0 Å². The van der Waals surface area contributed by atoms with Crippen molar-refractivity contribution < 1.29 is 18.0 Å². The van der Waals surface area contributed by atoms with Gasteiger partial charge < -0.3 is 9.80 Å². The van der Waals surface area contributed by atoms with E-state index in [1.807, 2.05) is 6.07 Å². The Hall–Kier alpha value is -2.23. The van der Waals surface area contributed by atoms with Gasteiger partial charge in [-0.3, -0.25) is 9.59 Å². The van der Waals surface area contributed by atoms with E-state index >= 15 is 0 Å². The number of carbonyl (C=O) groups is 2. The lowest BCUT2D eigenvalue weighted by molar-refractivity contribution is -0.117. The van der Waals surface area contributed by atoms with Crippen LogP contribution in [-0.2, 0) is 14.8 Å². The molecule has 2 amide bonds. The molecule has 0 atom stereocenters. The average molecular weight is 420 g/mol. The Labute approximate surface area is 168 Å². The summed E-state index contributed by atoms with van der Waals surface area (Å²) in [6, 6.07) is 10.5. The number of hydrogen-bond donors (Lipinski definition) is 0. The first kappa shape index (κ1) is 19.1. The smallest absolute Gasteiger partial charge is 0.256 e. The minimum absolute atomic E-state index is 0.0344.